The molecule has 0 radical (unpaired) electrons. The van der Waals surface area contributed by atoms with Gasteiger partial charge in [0.2, 0.25) is 6.79 Å². The van der Waals surface area contributed by atoms with Crippen molar-refractivity contribution >= 4 is 40.6 Å². The maximum absolute atomic E-state index is 12.5. The predicted octanol–water partition coefficient (Wildman–Crippen LogP) is 3.70. The van der Waals surface area contributed by atoms with Crippen LogP contribution in [0.2, 0.25) is 0 Å². The van der Waals surface area contributed by atoms with E-state index in [0.29, 0.717) is 53.1 Å². The normalized spacial score (nSPS) is 12.6. The second kappa shape index (κ2) is 10.5. The zero-order valence-electron chi connectivity index (χ0n) is 21.9. The van der Waals surface area contributed by atoms with Gasteiger partial charge in [-0.15, -0.1) is 0 Å². The van der Waals surface area contributed by atoms with Crippen molar-refractivity contribution in [2.75, 3.05) is 19.1 Å². The molecule has 4 heterocycles. The molecular formula is C26H28N6O6S. The molecule has 5 rings (SSSR count). The van der Waals surface area contributed by atoms with E-state index in [1.54, 1.807) is 13.8 Å². The van der Waals surface area contributed by atoms with Crippen LogP contribution in [0.15, 0.2) is 45.1 Å². The van der Waals surface area contributed by atoms with Crippen molar-refractivity contribution in [2.24, 2.45) is 0 Å². The van der Waals surface area contributed by atoms with Gasteiger partial charge in [-0.1, -0.05) is 11.8 Å². The Hall–Kier alpha value is -4.26. The molecule has 4 aromatic rings. The van der Waals surface area contributed by atoms with Gasteiger partial charge in [0.1, 0.15) is 17.8 Å². The van der Waals surface area contributed by atoms with Crippen LogP contribution in [0.4, 0.5) is 5.82 Å². The molecule has 0 unspecified atom stereocenters. The van der Waals surface area contributed by atoms with Crippen molar-refractivity contribution in [3.05, 3.63) is 36.4 Å². The van der Waals surface area contributed by atoms with Crippen LogP contribution < -0.4 is 20.5 Å². The number of hydrogen-bond acceptors (Lipinski definition) is 11. The molecule has 0 bridgehead atoms. The Labute approximate surface area is 228 Å². The largest absolute Gasteiger partial charge is 0.461 e. The monoisotopic (exact) mass is 552 g/mol. The van der Waals surface area contributed by atoms with Gasteiger partial charge >= 0.3 is 5.97 Å². The van der Waals surface area contributed by atoms with Crippen LogP contribution in [0.25, 0.3) is 22.5 Å². The van der Waals surface area contributed by atoms with E-state index in [1.165, 1.54) is 25.0 Å². The maximum Gasteiger partial charge on any atom is 0.303 e. The number of benzene rings is 1. The van der Waals surface area contributed by atoms with E-state index >= 15 is 0 Å². The minimum atomic E-state index is -1.27. The van der Waals surface area contributed by atoms with Gasteiger partial charge in [-0.05, 0) is 51.5 Å². The highest BCUT2D eigenvalue weighted by Crippen LogP contribution is 2.45. The topological polar surface area (TPSA) is 157 Å². The first kappa shape index (κ1) is 26.4. The van der Waals surface area contributed by atoms with E-state index < -0.39 is 11.6 Å². The third-order valence-electron chi connectivity index (χ3n) is 6.00. The summed E-state index contributed by atoms with van der Waals surface area (Å²) in [5.74, 6) is 2.11. The van der Waals surface area contributed by atoms with Gasteiger partial charge < -0.3 is 34.2 Å². The number of aryl methyl sites for hydroxylation is 2. The van der Waals surface area contributed by atoms with Crippen molar-refractivity contribution in [1.82, 2.24) is 24.8 Å². The highest BCUT2D eigenvalue weighted by Gasteiger charge is 2.30. The number of carbonyl (C=O) groups is 2. The zero-order valence-corrected chi connectivity index (χ0v) is 22.8. The van der Waals surface area contributed by atoms with Crippen molar-refractivity contribution in [3.8, 4) is 22.8 Å². The van der Waals surface area contributed by atoms with Crippen molar-refractivity contribution < 1.29 is 28.2 Å². The fourth-order valence-corrected chi connectivity index (χ4v) is 5.21. The number of amides is 1. The molecule has 0 aliphatic carbocycles. The number of carbonyl (C=O) groups excluding carboxylic acids is 2. The number of nitrogens with one attached hydrogen (secondary N) is 1. The van der Waals surface area contributed by atoms with Gasteiger partial charge in [-0.25, -0.2) is 15.0 Å². The number of anilines is 1. The molecule has 0 spiro atoms. The number of rotatable bonds is 9. The lowest BCUT2D eigenvalue weighted by atomic mass is 10.1. The molecule has 0 saturated heterocycles. The van der Waals surface area contributed by atoms with E-state index in [4.69, 9.17) is 29.3 Å². The molecule has 1 aliphatic heterocycles. The van der Waals surface area contributed by atoms with Crippen LogP contribution >= 0.6 is 11.8 Å². The van der Waals surface area contributed by atoms with Gasteiger partial charge in [0, 0.05) is 30.5 Å². The van der Waals surface area contributed by atoms with Gasteiger partial charge in [-0.2, -0.15) is 0 Å². The van der Waals surface area contributed by atoms with Crippen LogP contribution in [0.3, 0.4) is 0 Å². The Bertz CT molecular complexity index is 1560. The Kier molecular flexibility index (Phi) is 7.08. The summed E-state index contributed by atoms with van der Waals surface area (Å²) in [6, 6.07) is 7.60. The maximum atomic E-state index is 12.5. The summed E-state index contributed by atoms with van der Waals surface area (Å²) in [4.78, 5) is 37.9. The standard InChI is InChI=1S/C26H28N6O6S/c1-14-6-7-17(37-14)16-10-18-19(36-13-35-18)11-20(16)39-25-31-21-22(27)29-12-30-23(21)32(25)9-5-8-28-24(34)26(3,4)38-15(2)33/h6-7,10-12H,5,8-9,13H2,1-4H3,(H,28,34)(H2,27,29,30). The lowest BCUT2D eigenvalue weighted by Crippen LogP contribution is -2.45. The second-order valence-electron chi connectivity index (χ2n) is 9.40. The lowest BCUT2D eigenvalue weighted by molar-refractivity contribution is -0.162. The minimum absolute atomic E-state index is 0.144. The third-order valence-corrected chi connectivity index (χ3v) is 7.05. The zero-order chi connectivity index (χ0) is 27.7. The molecule has 0 saturated carbocycles. The highest BCUT2D eigenvalue weighted by atomic mass is 32.2. The lowest BCUT2D eigenvalue weighted by Gasteiger charge is -2.23. The van der Waals surface area contributed by atoms with Crippen LogP contribution in [0.1, 0.15) is 33.0 Å². The van der Waals surface area contributed by atoms with E-state index in [-0.39, 0.29) is 18.5 Å². The van der Waals surface area contributed by atoms with Crippen LogP contribution in [-0.2, 0) is 20.9 Å². The van der Waals surface area contributed by atoms with E-state index in [1.807, 2.05) is 35.8 Å². The number of imidazole rings is 1. The number of esters is 1. The minimum Gasteiger partial charge on any atom is -0.461 e. The number of nitrogens with two attached hydrogens (primary N) is 1. The Balaban J connectivity index is 1.42. The molecule has 12 nitrogen and oxygen atoms in total. The van der Waals surface area contributed by atoms with Gasteiger partial charge in [0.15, 0.2) is 39.2 Å². The van der Waals surface area contributed by atoms with Gasteiger partial charge in [0.05, 0.1) is 0 Å². The van der Waals surface area contributed by atoms with E-state index in [9.17, 15) is 9.59 Å². The second-order valence-corrected chi connectivity index (χ2v) is 10.4. The molecule has 13 heteroatoms. The summed E-state index contributed by atoms with van der Waals surface area (Å²) in [5, 5.41) is 3.46. The highest BCUT2D eigenvalue weighted by molar-refractivity contribution is 7.99. The fourth-order valence-electron chi connectivity index (χ4n) is 4.15. The summed E-state index contributed by atoms with van der Waals surface area (Å²) in [6.07, 6.45) is 1.95. The number of nitrogen functional groups attached to an aromatic ring is 1. The fraction of sp³-hybridized carbons (Fsp3) is 0.346. The van der Waals surface area contributed by atoms with Crippen molar-refractivity contribution in [1.29, 1.82) is 0 Å². The number of aromatic nitrogens is 4. The summed E-state index contributed by atoms with van der Waals surface area (Å²) in [6.45, 7) is 7.21. The SMILES string of the molecule is CC(=O)OC(C)(C)C(=O)NCCCn1c(Sc2cc3c(cc2-c2ccc(C)o2)OCO3)nc2c(N)ncnc21. The Morgan fingerprint density at radius 2 is 1.97 bits per heavy atom. The molecule has 0 fully saturated rings. The van der Waals surface area contributed by atoms with Crippen molar-refractivity contribution in [2.45, 2.75) is 56.3 Å². The first-order valence-corrected chi connectivity index (χ1v) is 13.1. The van der Waals surface area contributed by atoms with E-state index in [0.717, 1.165) is 16.2 Å². The van der Waals surface area contributed by atoms with E-state index in [2.05, 4.69) is 15.3 Å². The number of ether oxygens (including phenoxy) is 3. The molecule has 39 heavy (non-hydrogen) atoms. The summed E-state index contributed by atoms with van der Waals surface area (Å²) >= 11 is 1.41. The van der Waals surface area contributed by atoms with Crippen molar-refractivity contribution in [3.63, 3.8) is 0 Å². The number of hydrogen-bond donors (Lipinski definition) is 2. The summed E-state index contributed by atoms with van der Waals surface area (Å²) < 4.78 is 24.2. The Morgan fingerprint density at radius 3 is 2.69 bits per heavy atom. The third kappa shape index (κ3) is 5.48. The first-order chi connectivity index (χ1) is 18.6. The number of furan rings is 1. The number of nitrogens with zero attached hydrogens (tertiary/aromatic N) is 4. The van der Waals surface area contributed by atoms with Gasteiger partial charge in [0.25, 0.3) is 5.91 Å². The molecule has 0 atom stereocenters. The predicted molar refractivity (Wildman–Crippen MR) is 142 cm³/mol. The van der Waals surface area contributed by atoms with Crippen LogP contribution in [0, 0.1) is 6.92 Å². The molecule has 3 N–H and O–H groups in total. The Morgan fingerprint density at radius 1 is 1.21 bits per heavy atom. The quantitative estimate of drug-likeness (QED) is 0.230. The first-order valence-electron chi connectivity index (χ1n) is 12.3. The number of fused-ring (bicyclic) bond motifs is 2. The average Bonchev–Trinajstić information content (AvgIpc) is 3.59. The molecular weight excluding hydrogens is 524 g/mol. The molecule has 1 amide bonds. The van der Waals surface area contributed by atoms with Crippen LogP contribution in [-0.4, -0.2) is 50.3 Å². The average molecular weight is 553 g/mol. The smallest absolute Gasteiger partial charge is 0.303 e. The molecule has 1 aliphatic rings. The van der Waals surface area contributed by atoms with Crippen LogP contribution in [0.5, 0.6) is 11.5 Å². The summed E-state index contributed by atoms with van der Waals surface area (Å²) in [5.41, 5.74) is 6.75. The molecule has 1 aromatic carbocycles. The molecule has 3 aromatic heterocycles. The van der Waals surface area contributed by atoms with Gasteiger partial charge in [-0.3, -0.25) is 9.59 Å². The summed E-state index contributed by atoms with van der Waals surface area (Å²) in [7, 11) is 0. The molecule has 204 valence electrons.